The second kappa shape index (κ2) is 4.80. The van der Waals surface area contributed by atoms with Crippen LogP contribution in [0.2, 0.25) is 0 Å². The highest BCUT2D eigenvalue weighted by Crippen LogP contribution is 2.17. The van der Waals surface area contributed by atoms with Gasteiger partial charge >= 0.3 is 5.97 Å². The Kier molecular flexibility index (Phi) is 3.36. The van der Waals surface area contributed by atoms with E-state index in [0.29, 0.717) is 26.1 Å². The normalized spacial score (nSPS) is 15.6. The van der Waals surface area contributed by atoms with Crippen molar-refractivity contribution in [2.45, 2.75) is 26.8 Å². The maximum atomic E-state index is 11.8. The van der Waals surface area contributed by atoms with E-state index in [9.17, 15) is 9.59 Å². The molecule has 0 radical (unpaired) electrons. The maximum absolute atomic E-state index is 11.8. The summed E-state index contributed by atoms with van der Waals surface area (Å²) in [5, 5.41) is 13.0. The minimum Gasteiger partial charge on any atom is -0.481 e. The lowest BCUT2D eigenvalue weighted by Crippen LogP contribution is -2.53. The number of hydrogen-bond donors (Lipinski definition) is 1. The molecule has 1 amide bonds. The average Bonchev–Trinajstić information content (AvgIpc) is 2.51. The molecule has 0 unspecified atom stereocenters. The Hall–Kier alpha value is -1.85. The van der Waals surface area contributed by atoms with Gasteiger partial charge in [-0.1, -0.05) is 0 Å². The molecule has 1 aromatic heterocycles. The van der Waals surface area contributed by atoms with Crippen LogP contribution in [0, 0.1) is 19.8 Å². The highest BCUT2D eigenvalue weighted by atomic mass is 16.4. The van der Waals surface area contributed by atoms with E-state index in [0.717, 1.165) is 11.4 Å². The first-order valence-electron chi connectivity index (χ1n) is 5.99. The third-order valence-corrected chi connectivity index (χ3v) is 3.22. The summed E-state index contributed by atoms with van der Waals surface area (Å²) in [7, 11) is 0. The lowest BCUT2D eigenvalue weighted by Gasteiger charge is -2.36. The Balaban J connectivity index is 1.80. The largest absolute Gasteiger partial charge is 0.481 e. The molecule has 2 rings (SSSR count). The minimum absolute atomic E-state index is 0.0000491. The summed E-state index contributed by atoms with van der Waals surface area (Å²) >= 11 is 0. The van der Waals surface area contributed by atoms with Gasteiger partial charge in [0.15, 0.2) is 0 Å². The molecule has 1 N–H and O–H groups in total. The van der Waals surface area contributed by atoms with Gasteiger partial charge in [0, 0.05) is 31.7 Å². The first-order chi connectivity index (χ1) is 8.47. The summed E-state index contributed by atoms with van der Waals surface area (Å²) in [5.41, 5.74) is 1.97. The van der Waals surface area contributed by atoms with E-state index in [1.807, 2.05) is 24.6 Å². The van der Waals surface area contributed by atoms with E-state index in [2.05, 4.69) is 5.10 Å². The Bertz CT molecular complexity index is 475. The smallest absolute Gasteiger partial charge is 0.310 e. The van der Waals surface area contributed by atoms with Crippen LogP contribution in [0.3, 0.4) is 0 Å². The number of aromatic nitrogens is 2. The number of carbonyl (C=O) groups is 2. The molecule has 1 aromatic rings. The van der Waals surface area contributed by atoms with E-state index < -0.39 is 5.97 Å². The monoisotopic (exact) mass is 251 g/mol. The first-order valence-corrected chi connectivity index (χ1v) is 5.99. The van der Waals surface area contributed by atoms with Crippen molar-refractivity contribution in [1.29, 1.82) is 0 Å². The molecule has 6 nitrogen and oxygen atoms in total. The predicted molar refractivity (Wildman–Crippen MR) is 64.0 cm³/mol. The molecule has 18 heavy (non-hydrogen) atoms. The summed E-state index contributed by atoms with van der Waals surface area (Å²) < 4.78 is 1.81. The van der Waals surface area contributed by atoms with Crippen LogP contribution >= 0.6 is 0 Å². The predicted octanol–water partition coefficient (Wildman–Crippen LogP) is 0.433. The number of aliphatic carboxylic acids is 1. The Labute approximate surface area is 105 Å². The fraction of sp³-hybridized carbons (Fsp3) is 0.583. The average molecular weight is 251 g/mol. The summed E-state index contributed by atoms with van der Waals surface area (Å²) in [5.74, 6) is -1.21. The van der Waals surface area contributed by atoms with Gasteiger partial charge in [0.1, 0.15) is 0 Å². The number of nitrogens with zero attached hydrogens (tertiary/aromatic N) is 3. The molecule has 1 saturated heterocycles. The van der Waals surface area contributed by atoms with Gasteiger partial charge in [-0.25, -0.2) is 0 Å². The summed E-state index contributed by atoms with van der Waals surface area (Å²) in [6.07, 6.45) is 0.369. The molecule has 0 saturated carbocycles. The molecular formula is C12H17N3O3. The summed E-state index contributed by atoms with van der Waals surface area (Å²) in [6, 6.07) is 1.97. The van der Waals surface area contributed by atoms with Gasteiger partial charge in [-0.3, -0.25) is 14.3 Å². The third-order valence-electron chi connectivity index (χ3n) is 3.22. The van der Waals surface area contributed by atoms with E-state index >= 15 is 0 Å². The van der Waals surface area contributed by atoms with Gasteiger partial charge < -0.3 is 10.0 Å². The molecule has 1 aliphatic rings. The zero-order valence-corrected chi connectivity index (χ0v) is 10.6. The molecule has 1 aliphatic heterocycles. The fourth-order valence-electron chi connectivity index (χ4n) is 2.10. The van der Waals surface area contributed by atoms with Gasteiger partial charge in [0.25, 0.3) is 0 Å². The van der Waals surface area contributed by atoms with Crippen LogP contribution in [-0.4, -0.2) is 44.8 Å². The molecular weight excluding hydrogens is 234 g/mol. The Morgan fingerprint density at radius 3 is 2.61 bits per heavy atom. The number of hydrogen-bond acceptors (Lipinski definition) is 3. The molecule has 0 atom stereocenters. The van der Waals surface area contributed by atoms with Crippen LogP contribution in [0.4, 0.5) is 0 Å². The zero-order chi connectivity index (χ0) is 13.3. The second-order valence-electron chi connectivity index (χ2n) is 4.73. The quantitative estimate of drug-likeness (QED) is 0.842. The highest BCUT2D eigenvalue weighted by Gasteiger charge is 2.35. The van der Waals surface area contributed by atoms with Crippen molar-refractivity contribution < 1.29 is 14.7 Å². The van der Waals surface area contributed by atoms with Crippen molar-refractivity contribution in [3.05, 3.63) is 17.5 Å². The van der Waals surface area contributed by atoms with Crippen molar-refractivity contribution in [1.82, 2.24) is 14.7 Å². The molecule has 0 aliphatic carbocycles. The van der Waals surface area contributed by atoms with Crippen LogP contribution in [0.15, 0.2) is 6.07 Å². The lowest BCUT2D eigenvalue weighted by atomic mass is 10.0. The number of carboxylic acid groups (broad SMARTS) is 1. The van der Waals surface area contributed by atoms with E-state index in [-0.39, 0.29) is 11.8 Å². The van der Waals surface area contributed by atoms with Gasteiger partial charge in [-0.05, 0) is 19.9 Å². The molecule has 2 heterocycles. The lowest BCUT2D eigenvalue weighted by molar-refractivity contribution is -0.152. The van der Waals surface area contributed by atoms with Crippen LogP contribution < -0.4 is 0 Å². The molecule has 0 bridgehead atoms. The number of rotatable bonds is 4. The fourth-order valence-corrected chi connectivity index (χ4v) is 2.10. The van der Waals surface area contributed by atoms with Crippen molar-refractivity contribution in [2.75, 3.05) is 13.1 Å². The molecule has 1 fully saturated rings. The summed E-state index contributed by atoms with van der Waals surface area (Å²) in [4.78, 5) is 24.0. The number of carbonyl (C=O) groups excluding carboxylic acids is 1. The number of likely N-dealkylation sites (tertiary alicyclic amines) is 1. The van der Waals surface area contributed by atoms with Gasteiger partial charge in [-0.2, -0.15) is 5.10 Å². The van der Waals surface area contributed by atoms with E-state index in [1.54, 1.807) is 4.90 Å². The molecule has 0 spiro atoms. The molecule has 0 aromatic carbocycles. The Morgan fingerprint density at radius 2 is 2.11 bits per heavy atom. The molecule has 98 valence electrons. The topological polar surface area (TPSA) is 75.4 Å². The third kappa shape index (κ3) is 2.52. The van der Waals surface area contributed by atoms with E-state index in [4.69, 9.17) is 5.11 Å². The van der Waals surface area contributed by atoms with Crippen LogP contribution in [0.25, 0.3) is 0 Å². The zero-order valence-electron chi connectivity index (χ0n) is 10.6. The SMILES string of the molecule is Cc1cc(C)n(CCC(=O)N2CC(C(=O)O)C2)n1. The highest BCUT2D eigenvalue weighted by molar-refractivity contribution is 5.80. The molecule has 6 heteroatoms. The first kappa shape index (κ1) is 12.6. The number of carboxylic acids is 1. The van der Waals surface area contributed by atoms with Crippen molar-refractivity contribution in [3.63, 3.8) is 0 Å². The van der Waals surface area contributed by atoms with Gasteiger partial charge in [0.05, 0.1) is 11.6 Å². The van der Waals surface area contributed by atoms with Crippen LogP contribution in [-0.2, 0) is 16.1 Å². The standard InChI is InChI=1S/C12H17N3O3/c1-8-5-9(2)15(13-8)4-3-11(16)14-6-10(7-14)12(17)18/h5,10H,3-4,6-7H2,1-2H3,(H,17,18). The van der Waals surface area contributed by atoms with Crippen LogP contribution in [0.5, 0.6) is 0 Å². The summed E-state index contributed by atoms with van der Waals surface area (Å²) in [6.45, 7) is 5.09. The van der Waals surface area contributed by atoms with Crippen molar-refractivity contribution >= 4 is 11.9 Å². The maximum Gasteiger partial charge on any atom is 0.310 e. The van der Waals surface area contributed by atoms with Crippen molar-refractivity contribution in [3.8, 4) is 0 Å². The second-order valence-corrected chi connectivity index (χ2v) is 4.73. The van der Waals surface area contributed by atoms with Gasteiger partial charge in [0.2, 0.25) is 5.91 Å². The van der Waals surface area contributed by atoms with Gasteiger partial charge in [-0.15, -0.1) is 0 Å². The van der Waals surface area contributed by atoms with Crippen molar-refractivity contribution in [2.24, 2.45) is 5.92 Å². The minimum atomic E-state index is -0.822. The number of amides is 1. The van der Waals surface area contributed by atoms with Crippen LogP contribution in [0.1, 0.15) is 17.8 Å². The number of aryl methyl sites for hydroxylation is 3. The Morgan fingerprint density at radius 1 is 1.44 bits per heavy atom. The van der Waals surface area contributed by atoms with E-state index in [1.165, 1.54) is 0 Å².